The molecule has 0 aromatic carbocycles. The molecule has 1 aliphatic heterocycles. The molecule has 0 saturated carbocycles. The van der Waals surface area contributed by atoms with Crippen molar-refractivity contribution in [1.29, 1.82) is 5.41 Å². The van der Waals surface area contributed by atoms with Crippen LogP contribution in [0.4, 0.5) is 0 Å². The van der Waals surface area contributed by atoms with E-state index in [4.69, 9.17) is 15.3 Å². The summed E-state index contributed by atoms with van der Waals surface area (Å²) in [5, 5.41) is 36.9. The molecule has 0 aliphatic carbocycles. The van der Waals surface area contributed by atoms with Gasteiger partial charge in [0.25, 0.3) is 0 Å². The molecule has 1 aromatic heterocycles. The molecule has 2 rings (SSSR count). The Morgan fingerprint density at radius 3 is 2.83 bits per heavy atom. The summed E-state index contributed by atoms with van der Waals surface area (Å²) in [6.07, 6.45) is -0.679. The number of nitrogens with zero attached hydrogens (tertiary/aromatic N) is 2. The summed E-state index contributed by atoms with van der Waals surface area (Å²) < 4.78 is 6.42. The van der Waals surface area contributed by atoms with Crippen molar-refractivity contribution in [3.8, 4) is 6.01 Å². The second kappa shape index (κ2) is 7.39. The molecule has 0 spiro atoms. The van der Waals surface area contributed by atoms with Gasteiger partial charge in [0, 0.05) is 18.7 Å². The van der Waals surface area contributed by atoms with Crippen molar-refractivity contribution in [3.63, 3.8) is 0 Å². The normalized spacial score (nSPS) is 26.2. The SMILES string of the molecule is Cl.N=c1[c]cn([C@H]2C[C@H](O)[C@@H](CO)O2)c([O-])n1.[Hg+]. The molecule has 0 bridgehead atoms. The zero-order chi connectivity index (χ0) is 11.7. The number of ether oxygens (including phenoxy) is 1. The van der Waals surface area contributed by atoms with Gasteiger partial charge in [0.15, 0.2) is 5.49 Å². The van der Waals surface area contributed by atoms with E-state index < -0.39 is 24.4 Å². The molecule has 1 aromatic rings. The number of halogens is 1. The van der Waals surface area contributed by atoms with E-state index in [0.717, 1.165) is 4.57 Å². The third-order valence-electron chi connectivity index (χ3n) is 2.46. The van der Waals surface area contributed by atoms with Crippen molar-refractivity contribution in [1.82, 2.24) is 9.55 Å². The molecule has 3 N–H and O–H groups in total. The van der Waals surface area contributed by atoms with Crippen LogP contribution in [0.15, 0.2) is 6.20 Å². The summed E-state index contributed by atoms with van der Waals surface area (Å²) in [6.45, 7) is -0.305. The largest absolute Gasteiger partial charge is 1.00 e. The van der Waals surface area contributed by atoms with Gasteiger partial charge < -0.3 is 24.6 Å². The number of hydrogen-bond donors (Lipinski definition) is 3. The second-order valence-corrected chi connectivity index (χ2v) is 3.54. The van der Waals surface area contributed by atoms with Crippen molar-refractivity contribution in [3.05, 3.63) is 17.8 Å². The number of rotatable bonds is 2. The number of aromatic nitrogens is 2. The number of hydrogen-bond acceptors (Lipinski definition) is 6. The van der Waals surface area contributed by atoms with E-state index in [-0.39, 0.29) is 58.6 Å². The van der Waals surface area contributed by atoms with Crippen molar-refractivity contribution in [2.24, 2.45) is 0 Å². The smallest absolute Gasteiger partial charge is 0.846 e. The minimum Gasteiger partial charge on any atom is -0.846 e. The molecule has 0 unspecified atom stereocenters. The first-order chi connectivity index (χ1) is 7.61. The van der Waals surface area contributed by atoms with E-state index in [1.807, 2.05) is 0 Å². The van der Waals surface area contributed by atoms with Gasteiger partial charge in [0.05, 0.1) is 18.7 Å². The zero-order valence-electron chi connectivity index (χ0n) is 9.44. The van der Waals surface area contributed by atoms with Crippen LogP contribution in [0.3, 0.4) is 0 Å². The van der Waals surface area contributed by atoms with E-state index in [1.165, 1.54) is 6.20 Å². The Hall–Kier alpha value is -0.215. The van der Waals surface area contributed by atoms with Crippen molar-refractivity contribution in [2.75, 3.05) is 6.61 Å². The number of aliphatic hydroxyl groups is 2. The fraction of sp³-hybridized carbons (Fsp3) is 0.556. The van der Waals surface area contributed by atoms with Crippen LogP contribution in [-0.2, 0) is 32.4 Å². The van der Waals surface area contributed by atoms with Crippen LogP contribution in [0.1, 0.15) is 12.6 Å². The molecule has 1 aliphatic rings. The summed E-state index contributed by atoms with van der Waals surface area (Å²) in [4.78, 5) is 3.39. The predicted molar refractivity (Wildman–Crippen MR) is 55.2 cm³/mol. The minimum absolute atomic E-state index is 0. The Morgan fingerprint density at radius 2 is 2.33 bits per heavy atom. The third kappa shape index (κ3) is 3.64. The van der Waals surface area contributed by atoms with Crippen LogP contribution in [0, 0.1) is 11.5 Å². The van der Waals surface area contributed by atoms with Crippen LogP contribution in [0.5, 0.6) is 6.01 Å². The van der Waals surface area contributed by atoms with Gasteiger partial charge in [-0.15, -0.1) is 12.4 Å². The van der Waals surface area contributed by atoms with Crippen molar-refractivity contribution in [2.45, 2.75) is 24.9 Å². The standard InChI is InChI=1S/C9H12N3O4.ClH.Hg/c10-7-1-2-12(9(15)11-7)8-3-5(14)6(4-13)16-8;;/h2,5-6,8,13-14H,3-4H2,(H2,10,11,15);1H;/q;;+1/p-1/t5-,6+,8+;;/m0../s1. The van der Waals surface area contributed by atoms with E-state index in [0.29, 0.717) is 0 Å². The molecular weight excluding hydrogens is 450 g/mol. The maximum Gasteiger partial charge on any atom is 1.00 e. The predicted octanol–water partition coefficient (Wildman–Crippen LogP) is -1.70. The van der Waals surface area contributed by atoms with Crippen LogP contribution in [-0.4, -0.2) is 38.6 Å². The molecule has 3 atom stereocenters. The van der Waals surface area contributed by atoms with E-state index in [1.54, 1.807) is 0 Å². The Morgan fingerprint density at radius 1 is 1.67 bits per heavy atom. The maximum absolute atomic E-state index is 11.4. The Bertz CT molecular complexity index is 444. The molecule has 9 heteroatoms. The molecule has 7 nitrogen and oxygen atoms in total. The first-order valence-electron chi connectivity index (χ1n) is 4.78. The third-order valence-corrected chi connectivity index (χ3v) is 2.46. The Balaban J connectivity index is 0.00000144. The molecule has 0 amide bonds. The van der Waals surface area contributed by atoms with Gasteiger partial charge in [-0.05, 0) is 0 Å². The summed E-state index contributed by atoms with van der Waals surface area (Å²) in [6, 6.07) is 1.83. The van der Waals surface area contributed by atoms with Gasteiger partial charge in [-0.25, -0.2) is 4.98 Å². The maximum atomic E-state index is 11.4. The molecular formula is C9H12ClHgN3O4. The Kier molecular flexibility index (Phi) is 7.30. The van der Waals surface area contributed by atoms with Gasteiger partial charge >= 0.3 is 27.7 Å². The average Bonchev–Trinajstić information content (AvgIpc) is 2.59. The number of nitrogens with one attached hydrogen (secondary N) is 1. The molecule has 1 fully saturated rings. The molecule has 18 heavy (non-hydrogen) atoms. The number of aliphatic hydroxyl groups excluding tert-OH is 2. The molecule has 1 saturated heterocycles. The molecule has 2 heterocycles. The average molecular weight is 462 g/mol. The summed E-state index contributed by atoms with van der Waals surface area (Å²) in [7, 11) is 0. The van der Waals surface area contributed by atoms with Crippen LogP contribution in [0.25, 0.3) is 0 Å². The summed E-state index contributed by atoms with van der Waals surface area (Å²) >= 11 is 0. The van der Waals surface area contributed by atoms with E-state index >= 15 is 0 Å². The topological polar surface area (TPSA) is 114 Å². The van der Waals surface area contributed by atoms with Crippen molar-refractivity contribution < 1.29 is 47.7 Å². The molecule has 96 valence electrons. The second-order valence-electron chi connectivity index (χ2n) is 3.54. The zero-order valence-corrected chi connectivity index (χ0v) is 15.8. The van der Waals surface area contributed by atoms with Gasteiger partial charge in [-0.2, -0.15) is 0 Å². The quantitative estimate of drug-likeness (QED) is 0.454. The van der Waals surface area contributed by atoms with Gasteiger partial charge in [-0.3, -0.25) is 5.41 Å². The minimum atomic E-state index is -0.808. The monoisotopic (exact) mass is 463 g/mol. The van der Waals surface area contributed by atoms with Gasteiger partial charge in [0.1, 0.15) is 12.3 Å². The summed E-state index contributed by atoms with van der Waals surface area (Å²) in [5.74, 6) is 0. The first-order valence-corrected chi connectivity index (χ1v) is 4.78. The fourth-order valence-electron chi connectivity index (χ4n) is 1.63. The van der Waals surface area contributed by atoms with E-state index in [2.05, 4.69) is 11.1 Å². The summed E-state index contributed by atoms with van der Waals surface area (Å²) in [5.41, 5.74) is -0.237. The van der Waals surface area contributed by atoms with Crippen molar-refractivity contribution >= 4 is 12.4 Å². The molecule has 2 radical (unpaired) electrons. The van der Waals surface area contributed by atoms with E-state index in [9.17, 15) is 10.2 Å². The van der Waals surface area contributed by atoms with Crippen LogP contribution in [0.2, 0.25) is 0 Å². The van der Waals surface area contributed by atoms with Gasteiger partial charge in [0.2, 0.25) is 0 Å². The first kappa shape index (κ1) is 17.8. The fourth-order valence-corrected chi connectivity index (χ4v) is 1.63. The Labute approximate surface area is 130 Å². The van der Waals surface area contributed by atoms with Gasteiger partial charge in [-0.1, -0.05) is 0 Å². The van der Waals surface area contributed by atoms with Crippen LogP contribution < -0.4 is 10.6 Å². The van der Waals surface area contributed by atoms with Crippen LogP contribution >= 0.6 is 12.4 Å².